The van der Waals surface area contributed by atoms with E-state index in [1.165, 1.54) is 0 Å². The Kier molecular flexibility index (Phi) is 8.84. The summed E-state index contributed by atoms with van der Waals surface area (Å²) < 4.78 is 35.9. The normalized spacial score (nSPS) is 12.8. The molecule has 174 valence electrons. The summed E-state index contributed by atoms with van der Waals surface area (Å²) in [4.78, 5) is 12.0. The van der Waals surface area contributed by atoms with Crippen molar-refractivity contribution in [1.29, 1.82) is 0 Å². The Balaban J connectivity index is 1.40. The number of carbonyl (C=O) groups is 1. The van der Waals surface area contributed by atoms with Crippen molar-refractivity contribution in [1.82, 2.24) is 0 Å². The van der Waals surface area contributed by atoms with Crippen LogP contribution in [0.25, 0.3) is 11.1 Å². The molecule has 3 aromatic carbocycles. The average Bonchev–Trinajstić information content (AvgIpc) is 2.82. The maximum absolute atomic E-state index is 14.2. The minimum Gasteiger partial charge on any atom is -0.490 e. The Bertz CT molecular complexity index is 987. The quantitative estimate of drug-likeness (QED) is 0.269. The van der Waals surface area contributed by atoms with E-state index in [0.717, 1.165) is 11.1 Å². The summed E-state index contributed by atoms with van der Waals surface area (Å²) in [5.41, 5.74) is 2.18. The molecular formula is C27H29FO5. The zero-order valence-corrected chi connectivity index (χ0v) is 19.1. The van der Waals surface area contributed by atoms with Crippen molar-refractivity contribution in [2.45, 2.75) is 39.2 Å². The van der Waals surface area contributed by atoms with E-state index in [1.807, 2.05) is 68.4 Å². The summed E-state index contributed by atoms with van der Waals surface area (Å²) in [6, 6.07) is 23.9. The smallest absolute Gasteiger partial charge is 0.340 e. The first-order valence-electron chi connectivity index (χ1n) is 10.9. The zero-order chi connectivity index (χ0) is 23.6. The number of hydrogen-bond acceptors (Lipinski definition) is 5. The van der Waals surface area contributed by atoms with Crippen molar-refractivity contribution in [2.24, 2.45) is 0 Å². The minimum atomic E-state index is -1.30. The third-order valence-electron chi connectivity index (χ3n) is 4.67. The van der Waals surface area contributed by atoms with Crippen LogP contribution in [-0.4, -0.2) is 37.6 Å². The van der Waals surface area contributed by atoms with Gasteiger partial charge in [0.2, 0.25) is 0 Å². The molecule has 0 aliphatic rings. The summed E-state index contributed by atoms with van der Waals surface area (Å²) in [5, 5.41) is 0. The molecule has 0 aromatic heterocycles. The van der Waals surface area contributed by atoms with Gasteiger partial charge in [-0.2, -0.15) is 0 Å². The van der Waals surface area contributed by atoms with Crippen molar-refractivity contribution < 1.29 is 28.1 Å². The first-order valence-corrected chi connectivity index (χ1v) is 10.9. The Morgan fingerprint density at radius 3 is 1.76 bits per heavy atom. The summed E-state index contributed by atoms with van der Waals surface area (Å²) in [6.07, 6.45) is -2.04. The van der Waals surface area contributed by atoms with Gasteiger partial charge >= 0.3 is 5.97 Å². The molecule has 5 nitrogen and oxygen atoms in total. The van der Waals surface area contributed by atoms with Crippen LogP contribution in [0.5, 0.6) is 17.2 Å². The number of rotatable bonds is 11. The third-order valence-corrected chi connectivity index (χ3v) is 4.67. The van der Waals surface area contributed by atoms with E-state index >= 15 is 0 Å². The lowest BCUT2D eigenvalue weighted by atomic mass is 10.1. The van der Waals surface area contributed by atoms with E-state index in [1.54, 1.807) is 31.2 Å². The van der Waals surface area contributed by atoms with E-state index in [0.29, 0.717) is 17.2 Å². The Morgan fingerprint density at radius 2 is 1.21 bits per heavy atom. The Hall–Kier alpha value is -3.38. The lowest BCUT2D eigenvalue weighted by Crippen LogP contribution is -2.28. The molecule has 0 fully saturated rings. The van der Waals surface area contributed by atoms with Crippen molar-refractivity contribution in [3.8, 4) is 28.4 Å². The number of halogens is 1. The molecule has 0 aliphatic carbocycles. The fourth-order valence-corrected chi connectivity index (χ4v) is 3.06. The highest BCUT2D eigenvalue weighted by atomic mass is 19.1. The van der Waals surface area contributed by atoms with E-state index in [4.69, 9.17) is 18.9 Å². The van der Waals surface area contributed by atoms with Crippen LogP contribution < -0.4 is 14.2 Å². The molecule has 2 atom stereocenters. The van der Waals surface area contributed by atoms with Crippen LogP contribution in [0.4, 0.5) is 4.39 Å². The maximum atomic E-state index is 14.2. The molecule has 2 unspecified atom stereocenters. The SMILES string of the molecule is CC(C)OC(C)C(=O)Oc1ccc(OCC(F)COc2ccc(-c3ccccc3)cc2)cc1. The Labute approximate surface area is 194 Å². The van der Waals surface area contributed by atoms with E-state index < -0.39 is 18.2 Å². The average molecular weight is 453 g/mol. The largest absolute Gasteiger partial charge is 0.490 e. The van der Waals surface area contributed by atoms with Gasteiger partial charge < -0.3 is 18.9 Å². The fourth-order valence-electron chi connectivity index (χ4n) is 3.06. The standard InChI is InChI=1S/C27H29FO5/c1-19(2)32-20(3)27(29)33-26-15-13-25(14-16-26)31-18-23(28)17-30-24-11-9-22(10-12-24)21-7-5-4-6-8-21/h4-16,19-20,23H,17-18H2,1-3H3. The molecule has 0 N–H and O–H groups in total. The molecule has 0 aliphatic heterocycles. The molecule has 0 amide bonds. The first kappa shape index (κ1) is 24.3. The molecule has 0 radical (unpaired) electrons. The van der Waals surface area contributed by atoms with E-state index in [9.17, 15) is 9.18 Å². The lowest BCUT2D eigenvalue weighted by Gasteiger charge is -2.15. The van der Waals surface area contributed by atoms with Crippen molar-refractivity contribution in [3.05, 3.63) is 78.9 Å². The second kappa shape index (κ2) is 12.0. The van der Waals surface area contributed by atoms with Gasteiger partial charge in [0, 0.05) is 0 Å². The van der Waals surface area contributed by atoms with E-state index in [-0.39, 0.29) is 19.3 Å². The van der Waals surface area contributed by atoms with Gasteiger partial charge in [-0.25, -0.2) is 9.18 Å². The number of hydrogen-bond donors (Lipinski definition) is 0. The number of alkyl halides is 1. The number of benzene rings is 3. The van der Waals surface area contributed by atoms with Gasteiger partial charge in [-0.3, -0.25) is 0 Å². The van der Waals surface area contributed by atoms with Crippen LogP contribution >= 0.6 is 0 Å². The molecule has 0 heterocycles. The lowest BCUT2D eigenvalue weighted by molar-refractivity contribution is -0.148. The topological polar surface area (TPSA) is 54.0 Å². The molecule has 6 heteroatoms. The molecule has 0 saturated carbocycles. The van der Waals surface area contributed by atoms with Crippen molar-refractivity contribution in [3.63, 3.8) is 0 Å². The van der Waals surface area contributed by atoms with Crippen molar-refractivity contribution in [2.75, 3.05) is 13.2 Å². The highest BCUT2D eigenvalue weighted by molar-refractivity contribution is 5.76. The molecule has 0 bridgehead atoms. The van der Waals surface area contributed by atoms with E-state index in [2.05, 4.69) is 0 Å². The van der Waals surface area contributed by atoms with Gasteiger partial charge in [0.15, 0.2) is 12.3 Å². The van der Waals surface area contributed by atoms with Gasteiger partial charge in [-0.15, -0.1) is 0 Å². The molecule has 33 heavy (non-hydrogen) atoms. The van der Waals surface area contributed by atoms with Gasteiger partial charge in [0.1, 0.15) is 30.5 Å². The molecule has 0 saturated heterocycles. The summed E-state index contributed by atoms with van der Waals surface area (Å²) >= 11 is 0. The maximum Gasteiger partial charge on any atom is 0.340 e. The second-order valence-electron chi connectivity index (χ2n) is 7.83. The highest BCUT2D eigenvalue weighted by Crippen LogP contribution is 2.22. The van der Waals surface area contributed by atoms with Gasteiger partial charge in [-0.1, -0.05) is 42.5 Å². The predicted octanol–water partition coefficient (Wildman–Crippen LogP) is 5.87. The number of esters is 1. The zero-order valence-electron chi connectivity index (χ0n) is 19.1. The molecular weight excluding hydrogens is 423 g/mol. The first-order chi connectivity index (χ1) is 15.9. The summed E-state index contributed by atoms with van der Waals surface area (Å²) in [6.45, 7) is 5.07. The fraction of sp³-hybridized carbons (Fsp3) is 0.296. The monoisotopic (exact) mass is 452 g/mol. The van der Waals surface area contributed by atoms with Crippen molar-refractivity contribution >= 4 is 5.97 Å². The summed E-state index contributed by atoms with van der Waals surface area (Å²) in [7, 11) is 0. The van der Waals surface area contributed by atoms with Crippen LogP contribution in [0.15, 0.2) is 78.9 Å². The van der Waals surface area contributed by atoms with Crippen LogP contribution in [0.1, 0.15) is 20.8 Å². The van der Waals surface area contributed by atoms with Crippen LogP contribution in [0.3, 0.4) is 0 Å². The molecule has 0 spiro atoms. The summed E-state index contributed by atoms with van der Waals surface area (Å²) in [5.74, 6) is 0.955. The second-order valence-corrected chi connectivity index (χ2v) is 7.83. The van der Waals surface area contributed by atoms with Gasteiger partial charge in [0.25, 0.3) is 0 Å². The van der Waals surface area contributed by atoms with Gasteiger partial charge in [0.05, 0.1) is 6.10 Å². The van der Waals surface area contributed by atoms with Crippen LogP contribution in [0.2, 0.25) is 0 Å². The van der Waals surface area contributed by atoms with Crippen LogP contribution in [-0.2, 0) is 9.53 Å². The highest BCUT2D eigenvalue weighted by Gasteiger charge is 2.17. The Morgan fingerprint density at radius 1 is 0.727 bits per heavy atom. The number of carbonyl (C=O) groups excluding carboxylic acids is 1. The number of ether oxygens (including phenoxy) is 4. The molecule has 3 rings (SSSR count). The predicted molar refractivity (Wildman–Crippen MR) is 126 cm³/mol. The van der Waals surface area contributed by atoms with Crippen LogP contribution in [0, 0.1) is 0 Å². The molecule has 3 aromatic rings. The third kappa shape index (κ3) is 7.91. The minimum absolute atomic E-state index is 0.0744. The van der Waals surface area contributed by atoms with Gasteiger partial charge in [-0.05, 0) is 68.3 Å².